The van der Waals surface area contributed by atoms with Gasteiger partial charge in [0.1, 0.15) is 5.60 Å². The molecule has 0 spiro atoms. The van der Waals surface area contributed by atoms with Gasteiger partial charge in [0, 0.05) is 23.9 Å². The van der Waals surface area contributed by atoms with Crippen LogP contribution in [0.5, 0.6) is 0 Å². The molecule has 1 amide bonds. The van der Waals surface area contributed by atoms with E-state index in [1.165, 1.54) is 16.8 Å². The summed E-state index contributed by atoms with van der Waals surface area (Å²) in [5, 5.41) is 14.7. The van der Waals surface area contributed by atoms with Gasteiger partial charge in [0.2, 0.25) is 0 Å². The van der Waals surface area contributed by atoms with Crippen LogP contribution >= 0.6 is 0 Å². The Balaban J connectivity index is 1.28. The van der Waals surface area contributed by atoms with Gasteiger partial charge in [-0.1, -0.05) is 12.1 Å². The number of ether oxygens (including phenoxy) is 1. The summed E-state index contributed by atoms with van der Waals surface area (Å²) in [6.07, 6.45) is -2.65. The number of rotatable bonds is 3. The van der Waals surface area contributed by atoms with Gasteiger partial charge < -0.3 is 14.7 Å². The lowest BCUT2D eigenvalue weighted by Gasteiger charge is -2.36. The Morgan fingerprint density at radius 1 is 1.03 bits per heavy atom. The molecule has 2 aliphatic rings. The van der Waals surface area contributed by atoms with Crippen LogP contribution in [0.15, 0.2) is 54.7 Å². The van der Waals surface area contributed by atoms with Crippen molar-refractivity contribution < 1.29 is 27.8 Å². The van der Waals surface area contributed by atoms with Crippen LogP contribution < -0.4 is 0 Å². The van der Waals surface area contributed by atoms with Crippen molar-refractivity contribution in [2.45, 2.75) is 24.9 Å². The molecule has 1 aromatic heterocycles. The molecule has 1 N–H and O–H groups in total. The number of hydrogen-bond donors (Lipinski definition) is 1. The van der Waals surface area contributed by atoms with E-state index in [1.54, 1.807) is 35.4 Å². The topological polar surface area (TPSA) is 67.6 Å². The third-order valence-electron chi connectivity index (χ3n) is 5.68. The van der Waals surface area contributed by atoms with E-state index in [4.69, 9.17) is 4.74 Å². The highest BCUT2D eigenvalue weighted by Gasteiger charge is 2.38. The highest BCUT2D eigenvalue weighted by Crippen LogP contribution is 2.31. The number of halogens is 3. The monoisotopic (exact) mass is 429 g/mol. The highest BCUT2D eigenvalue weighted by molar-refractivity contribution is 5.94. The average Bonchev–Trinajstić information content (AvgIpc) is 3.30. The Bertz CT molecular complexity index is 1110. The Morgan fingerprint density at radius 2 is 1.71 bits per heavy atom. The van der Waals surface area contributed by atoms with Crippen LogP contribution in [0.3, 0.4) is 0 Å². The first kappa shape index (κ1) is 19.8. The molecule has 0 radical (unpaired) electrons. The van der Waals surface area contributed by atoms with Crippen molar-refractivity contribution in [3.05, 3.63) is 82.7 Å². The summed E-state index contributed by atoms with van der Waals surface area (Å²) in [5.74, 6) is -0.150. The van der Waals surface area contributed by atoms with Gasteiger partial charge >= 0.3 is 6.18 Å². The van der Waals surface area contributed by atoms with Crippen LogP contribution in [0, 0.1) is 0 Å². The molecule has 0 unspecified atom stereocenters. The maximum absolute atomic E-state index is 12.8. The quantitative estimate of drug-likeness (QED) is 0.694. The predicted octanol–water partition coefficient (Wildman–Crippen LogP) is 3.26. The predicted molar refractivity (Wildman–Crippen MR) is 103 cm³/mol. The molecule has 160 valence electrons. The van der Waals surface area contributed by atoms with E-state index in [0.717, 1.165) is 17.7 Å². The van der Waals surface area contributed by atoms with Crippen molar-refractivity contribution in [1.29, 1.82) is 0 Å². The largest absolute Gasteiger partial charge is 0.416 e. The van der Waals surface area contributed by atoms with Crippen molar-refractivity contribution in [3.63, 3.8) is 0 Å². The molecule has 3 heterocycles. The number of carbonyl (C=O) groups is 1. The SMILES string of the molecule is O=C(c1ccc(C2(O)COC2)cc1)N1Cc2cn(-c3ccc(C(F)(F)F)cc3)nc2C1. The van der Waals surface area contributed by atoms with E-state index in [9.17, 15) is 23.1 Å². The summed E-state index contributed by atoms with van der Waals surface area (Å²) >= 11 is 0. The average molecular weight is 429 g/mol. The summed E-state index contributed by atoms with van der Waals surface area (Å²) < 4.78 is 44.8. The summed E-state index contributed by atoms with van der Waals surface area (Å²) in [7, 11) is 0. The van der Waals surface area contributed by atoms with E-state index >= 15 is 0 Å². The van der Waals surface area contributed by atoms with Crippen molar-refractivity contribution in [3.8, 4) is 5.69 Å². The lowest BCUT2D eigenvalue weighted by atomic mass is 9.91. The summed E-state index contributed by atoms with van der Waals surface area (Å²) in [5.41, 5.74) is 1.62. The van der Waals surface area contributed by atoms with E-state index < -0.39 is 17.3 Å². The fourth-order valence-electron chi connectivity index (χ4n) is 3.80. The van der Waals surface area contributed by atoms with Crippen LogP contribution in [0.25, 0.3) is 5.69 Å². The van der Waals surface area contributed by atoms with Gasteiger partial charge in [-0.3, -0.25) is 4.79 Å². The van der Waals surface area contributed by atoms with Crippen molar-refractivity contribution in [2.24, 2.45) is 0 Å². The molecule has 0 aliphatic carbocycles. The molecule has 0 saturated carbocycles. The molecular formula is C22H18F3N3O3. The number of amides is 1. The van der Waals surface area contributed by atoms with Gasteiger partial charge in [-0.05, 0) is 42.0 Å². The van der Waals surface area contributed by atoms with Crippen molar-refractivity contribution in [2.75, 3.05) is 13.2 Å². The molecular weight excluding hydrogens is 411 g/mol. The Labute approximate surface area is 175 Å². The van der Waals surface area contributed by atoms with E-state index in [2.05, 4.69) is 5.10 Å². The fourth-order valence-corrected chi connectivity index (χ4v) is 3.80. The minimum absolute atomic E-state index is 0.150. The summed E-state index contributed by atoms with van der Waals surface area (Å²) in [6.45, 7) is 1.18. The molecule has 9 heteroatoms. The first-order valence-corrected chi connectivity index (χ1v) is 9.68. The van der Waals surface area contributed by atoms with E-state index in [1.807, 2.05) is 0 Å². The molecule has 0 bridgehead atoms. The third kappa shape index (κ3) is 3.49. The first-order valence-electron chi connectivity index (χ1n) is 9.68. The Hall–Kier alpha value is -3.17. The minimum atomic E-state index is -4.38. The van der Waals surface area contributed by atoms with Gasteiger partial charge in [-0.15, -0.1) is 0 Å². The number of hydrogen-bond acceptors (Lipinski definition) is 4. The van der Waals surface area contributed by atoms with Crippen molar-refractivity contribution in [1.82, 2.24) is 14.7 Å². The second-order valence-electron chi connectivity index (χ2n) is 7.85. The number of aromatic nitrogens is 2. The van der Waals surface area contributed by atoms with Gasteiger partial charge in [0.15, 0.2) is 0 Å². The highest BCUT2D eigenvalue weighted by atomic mass is 19.4. The molecule has 31 heavy (non-hydrogen) atoms. The molecule has 2 aliphatic heterocycles. The second-order valence-corrected chi connectivity index (χ2v) is 7.85. The zero-order chi connectivity index (χ0) is 21.8. The number of nitrogens with zero attached hydrogens (tertiary/aromatic N) is 3. The van der Waals surface area contributed by atoms with Crippen molar-refractivity contribution >= 4 is 5.91 Å². The number of fused-ring (bicyclic) bond motifs is 1. The molecule has 1 saturated heterocycles. The van der Waals surface area contributed by atoms with Gasteiger partial charge in [-0.25, -0.2) is 4.68 Å². The van der Waals surface area contributed by atoms with Crippen LogP contribution in [0.2, 0.25) is 0 Å². The fraction of sp³-hybridized carbons (Fsp3) is 0.273. The number of carbonyl (C=O) groups excluding carboxylic acids is 1. The van der Waals surface area contributed by atoms with Gasteiger partial charge in [0.05, 0.1) is 36.7 Å². The second kappa shape index (κ2) is 6.93. The van der Waals surface area contributed by atoms with Crippen LogP contribution in [-0.2, 0) is 29.6 Å². The smallest absolute Gasteiger partial charge is 0.380 e. The number of benzene rings is 2. The normalized spacial score (nSPS) is 17.4. The molecule has 1 fully saturated rings. The molecule has 6 nitrogen and oxygen atoms in total. The summed E-state index contributed by atoms with van der Waals surface area (Å²) in [4.78, 5) is 14.5. The molecule has 5 rings (SSSR count). The lowest BCUT2D eigenvalue weighted by Crippen LogP contribution is -2.46. The van der Waals surface area contributed by atoms with E-state index in [-0.39, 0.29) is 19.1 Å². The Kier molecular flexibility index (Phi) is 4.42. The van der Waals surface area contributed by atoms with E-state index in [0.29, 0.717) is 35.6 Å². The zero-order valence-electron chi connectivity index (χ0n) is 16.3. The number of alkyl halides is 3. The molecule has 2 aromatic carbocycles. The van der Waals surface area contributed by atoms with Crippen LogP contribution in [0.4, 0.5) is 13.2 Å². The van der Waals surface area contributed by atoms with Gasteiger partial charge in [-0.2, -0.15) is 18.3 Å². The first-order chi connectivity index (χ1) is 14.7. The number of aliphatic hydroxyl groups is 1. The maximum atomic E-state index is 12.8. The standard InChI is InChI=1S/C22H18F3N3O3/c23-22(24,25)17-5-7-18(8-6-17)28-10-15-9-27(11-19(15)26-28)20(29)14-1-3-16(4-2-14)21(30)12-31-13-21/h1-8,10,30H,9,11-13H2. The maximum Gasteiger partial charge on any atom is 0.416 e. The molecule has 0 atom stereocenters. The minimum Gasteiger partial charge on any atom is -0.380 e. The van der Waals surface area contributed by atoms with Crippen LogP contribution in [0.1, 0.15) is 32.7 Å². The van der Waals surface area contributed by atoms with Crippen LogP contribution in [-0.4, -0.2) is 38.9 Å². The molecule has 3 aromatic rings. The lowest BCUT2D eigenvalue weighted by molar-refractivity contribution is -0.184. The summed E-state index contributed by atoms with van der Waals surface area (Å²) in [6, 6.07) is 11.6. The van der Waals surface area contributed by atoms with Gasteiger partial charge in [0.25, 0.3) is 5.91 Å². The third-order valence-corrected chi connectivity index (χ3v) is 5.68. The Morgan fingerprint density at radius 3 is 2.26 bits per heavy atom. The zero-order valence-corrected chi connectivity index (χ0v) is 16.3.